The van der Waals surface area contributed by atoms with Crippen molar-refractivity contribution in [2.24, 2.45) is 29.6 Å². The molecule has 0 aromatic carbocycles. The first kappa shape index (κ1) is 17.2. The SMILES string of the molecule is O=C(CC1C2CC3CC(C2)CC1C3)NNc1nccc(N2CCOCC2)n1. The van der Waals surface area contributed by atoms with E-state index < -0.39 is 0 Å². The van der Waals surface area contributed by atoms with Crippen molar-refractivity contribution in [1.29, 1.82) is 0 Å². The highest BCUT2D eigenvalue weighted by atomic mass is 16.5. The molecule has 7 nitrogen and oxygen atoms in total. The quantitative estimate of drug-likeness (QED) is 0.773. The first-order chi connectivity index (χ1) is 13.2. The molecule has 0 atom stereocenters. The van der Waals surface area contributed by atoms with Gasteiger partial charge in [0.1, 0.15) is 5.82 Å². The van der Waals surface area contributed by atoms with Crippen molar-refractivity contribution in [3.63, 3.8) is 0 Å². The minimum atomic E-state index is 0.0628. The fraction of sp³-hybridized carbons (Fsp3) is 0.750. The Morgan fingerprint density at radius 1 is 1.11 bits per heavy atom. The van der Waals surface area contributed by atoms with Crippen LogP contribution in [0.15, 0.2) is 12.3 Å². The van der Waals surface area contributed by atoms with Crippen LogP contribution in [0.25, 0.3) is 0 Å². The molecule has 5 fully saturated rings. The van der Waals surface area contributed by atoms with E-state index in [-0.39, 0.29) is 5.91 Å². The molecule has 1 saturated heterocycles. The number of nitrogens with one attached hydrogen (secondary N) is 2. The lowest BCUT2D eigenvalue weighted by Gasteiger charge is -2.54. The highest BCUT2D eigenvalue weighted by Crippen LogP contribution is 2.57. The predicted molar refractivity (Wildman–Crippen MR) is 102 cm³/mol. The van der Waals surface area contributed by atoms with E-state index in [4.69, 9.17) is 4.74 Å². The number of aromatic nitrogens is 2. The number of morpholine rings is 1. The number of hydrogen-bond donors (Lipinski definition) is 2. The van der Waals surface area contributed by atoms with Crippen LogP contribution in [-0.2, 0) is 9.53 Å². The van der Waals surface area contributed by atoms with E-state index in [0.717, 1.165) is 55.8 Å². The zero-order chi connectivity index (χ0) is 18.2. The van der Waals surface area contributed by atoms with E-state index in [1.807, 2.05) is 6.07 Å². The van der Waals surface area contributed by atoms with Gasteiger partial charge in [0.15, 0.2) is 0 Å². The molecule has 0 spiro atoms. The molecule has 2 N–H and O–H groups in total. The van der Waals surface area contributed by atoms with Gasteiger partial charge in [-0.25, -0.2) is 4.98 Å². The van der Waals surface area contributed by atoms with E-state index >= 15 is 0 Å². The maximum Gasteiger partial charge on any atom is 0.243 e. The summed E-state index contributed by atoms with van der Waals surface area (Å²) >= 11 is 0. The predicted octanol–water partition coefficient (Wildman–Crippen LogP) is 2.22. The number of ether oxygens (including phenoxy) is 1. The number of carbonyl (C=O) groups is 1. The van der Waals surface area contributed by atoms with Gasteiger partial charge in [-0.2, -0.15) is 4.98 Å². The number of hydrazine groups is 1. The Morgan fingerprint density at radius 2 is 1.81 bits per heavy atom. The Morgan fingerprint density at radius 3 is 2.52 bits per heavy atom. The molecule has 4 saturated carbocycles. The maximum atomic E-state index is 12.5. The lowest BCUT2D eigenvalue weighted by Crippen LogP contribution is -2.47. The van der Waals surface area contributed by atoms with Crippen molar-refractivity contribution in [3.05, 3.63) is 12.3 Å². The summed E-state index contributed by atoms with van der Waals surface area (Å²) in [4.78, 5) is 23.5. The fourth-order valence-corrected chi connectivity index (χ4v) is 6.14. The van der Waals surface area contributed by atoms with Gasteiger partial charge in [-0.15, -0.1) is 0 Å². The summed E-state index contributed by atoms with van der Waals surface area (Å²) in [5, 5.41) is 0. The van der Waals surface area contributed by atoms with Gasteiger partial charge >= 0.3 is 0 Å². The topological polar surface area (TPSA) is 79.4 Å². The normalized spacial score (nSPS) is 34.5. The van der Waals surface area contributed by atoms with Crippen LogP contribution in [0, 0.1) is 29.6 Å². The van der Waals surface area contributed by atoms with E-state index in [0.29, 0.717) is 18.3 Å². The van der Waals surface area contributed by atoms with Crippen molar-refractivity contribution in [2.45, 2.75) is 38.5 Å². The van der Waals surface area contributed by atoms with Crippen LogP contribution in [0.3, 0.4) is 0 Å². The van der Waals surface area contributed by atoms with Crippen LogP contribution in [0.1, 0.15) is 38.5 Å². The highest BCUT2D eigenvalue weighted by molar-refractivity contribution is 5.77. The number of nitrogens with zero attached hydrogens (tertiary/aromatic N) is 3. The lowest BCUT2D eigenvalue weighted by atomic mass is 9.51. The van der Waals surface area contributed by atoms with Gasteiger partial charge < -0.3 is 9.64 Å². The zero-order valence-electron chi connectivity index (χ0n) is 15.8. The molecular weight excluding hydrogens is 342 g/mol. The molecule has 146 valence electrons. The summed E-state index contributed by atoms with van der Waals surface area (Å²) in [6.07, 6.45) is 9.21. The largest absolute Gasteiger partial charge is 0.378 e. The van der Waals surface area contributed by atoms with Crippen LogP contribution < -0.4 is 15.8 Å². The van der Waals surface area contributed by atoms with Crippen molar-refractivity contribution >= 4 is 17.7 Å². The van der Waals surface area contributed by atoms with E-state index in [1.165, 1.54) is 32.1 Å². The van der Waals surface area contributed by atoms with Gasteiger partial charge in [0.25, 0.3) is 0 Å². The average molecular weight is 371 g/mol. The summed E-state index contributed by atoms with van der Waals surface area (Å²) in [6, 6.07) is 1.90. The fourth-order valence-electron chi connectivity index (χ4n) is 6.14. The van der Waals surface area contributed by atoms with Crippen molar-refractivity contribution in [2.75, 3.05) is 36.6 Å². The number of carbonyl (C=O) groups excluding carboxylic acids is 1. The molecule has 1 amide bonds. The van der Waals surface area contributed by atoms with Gasteiger partial charge in [0.05, 0.1) is 13.2 Å². The molecule has 0 radical (unpaired) electrons. The van der Waals surface area contributed by atoms with Crippen LogP contribution >= 0.6 is 0 Å². The third-order valence-corrected chi connectivity index (χ3v) is 7.13. The molecule has 27 heavy (non-hydrogen) atoms. The molecule has 1 aromatic rings. The van der Waals surface area contributed by atoms with E-state index in [1.54, 1.807) is 6.20 Å². The molecular formula is C20H29N5O2. The van der Waals surface area contributed by atoms with Gasteiger partial charge in [-0.1, -0.05) is 0 Å². The molecule has 7 heteroatoms. The summed E-state index contributed by atoms with van der Waals surface area (Å²) in [7, 11) is 0. The smallest absolute Gasteiger partial charge is 0.243 e. The van der Waals surface area contributed by atoms with Crippen molar-refractivity contribution in [1.82, 2.24) is 15.4 Å². The third-order valence-electron chi connectivity index (χ3n) is 7.13. The van der Waals surface area contributed by atoms with Crippen LogP contribution in [-0.4, -0.2) is 42.2 Å². The van der Waals surface area contributed by atoms with Crippen molar-refractivity contribution < 1.29 is 9.53 Å². The highest BCUT2D eigenvalue weighted by Gasteiger charge is 2.48. The second-order valence-corrected chi connectivity index (χ2v) is 8.81. The second kappa shape index (κ2) is 7.26. The molecule has 1 aliphatic heterocycles. The second-order valence-electron chi connectivity index (χ2n) is 8.81. The molecule has 4 aliphatic carbocycles. The first-order valence-electron chi connectivity index (χ1n) is 10.4. The van der Waals surface area contributed by atoms with E-state index in [9.17, 15) is 4.79 Å². The number of hydrogen-bond acceptors (Lipinski definition) is 6. The molecule has 4 bridgehead atoms. The van der Waals surface area contributed by atoms with Gasteiger partial charge in [-0.05, 0) is 67.8 Å². The Labute approximate surface area is 160 Å². The third kappa shape index (κ3) is 3.61. The standard InChI is InChI=1S/C20H29N5O2/c26-19(12-17-15-8-13-7-14(10-15)11-16(17)9-13)23-24-20-21-2-1-18(22-20)25-3-5-27-6-4-25/h1-2,13-17H,3-12H2,(H,23,26)(H,21,22,24). The monoisotopic (exact) mass is 371 g/mol. The molecule has 5 aliphatic rings. The Balaban J connectivity index is 1.15. The number of amides is 1. The zero-order valence-corrected chi connectivity index (χ0v) is 15.8. The average Bonchev–Trinajstić information content (AvgIpc) is 2.69. The Hall–Kier alpha value is -1.89. The van der Waals surface area contributed by atoms with Gasteiger partial charge in [0, 0.05) is 25.7 Å². The van der Waals surface area contributed by atoms with Crippen LogP contribution in [0.5, 0.6) is 0 Å². The number of rotatable bonds is 5. The molecule has 2 heterocycles. The molecule has 1 aromatic heterocycles. The summed E-state index contributed by atoms with van der Waals surface area (Å²) in [5.41, 5.74) is 5.75. The minimum Gasteiger partial charge on any atom is -0.378 e. The van der Waals surface area contributed by atoms with Crippen LogP contribution in [0.4, 0.5) is 11.8 Å². The van der Waals surface area contributed by atoms with Crippen LogP contribution in [0.2, 0.25) is 0 Å². The van der Waals surface area contributed by atoms with Gasteiger partial charge in [-0.3, -0.25) is 15.6 Å². The lowest BCUT2D eigenvalue weighted by molar-refractivity contribution is -0.125. The first-order valence-corrected chi connectivity index (χ1v) is 10.4. The summed E-state index contributed by atoms with van der Waals surface area (Å²) < 4.78 is 5.39. The number of anilines is 2. The summed E-state index contributed by atoms with van der Waals surface area (Å²) in [5.74, 6) is 5.37. The Kier molecular flexibility index (Phi) is 4.63. The minimum absolute atomic E-state index is 0.0628. The van der Waals surface area contributed by atoms with E-state index in [2.05, 4.69) is 25.7 Å². The maximum absolute atomic E-state index is 12.5. The Bertz CT molecular complexity index is 663. The molecule has 6 rings (SSSR count). The van der Waals surface area contributed by atoms with Gasteiger partial charge in [0.2, 0.25) is 11.9 Å². The summed E-state index contributed by atoms with van der Waals surface area (Å²) in [6.45, 7) is 3.09. The molecule has 0 unspecified atom stereocenters. The van der Waals surface area contributed by atoms with Crippen molar-refractivity contribution in [3.8, 4) is 0 Å².